The highest BCUT2D eigenvalue weighted by Gasteiger charge is 2.11. The average Bonchev–Trinajstić information content (AvgIpc) is 3.04. The first-order chi connectivity index (χ1) is 9.65. The van der Waals surface area contributed by atoms with E-state index < -0.39 is 5.97 Å². The highest BCUT2D eigenvalue weighted by atomic mass is 32.1. The van der Waals surface area contributed by atoms with Gasteiger partial charge in [-0.3, -0.25) is 0 Å². The van der Waals surface area contributed by atoms with Crippen LogP contribution in [-0.4, -0.2) is 21.0 Å². The lowest BCUT2D eigenvalue weighted by atomic mass is 10.3. The molecule has 0 saturated carbocycles. The van der Waals surface area contributed by atoms with E-state index in [1.807, 2.05) is 12.3 Å². The Morgan fingerprint density at radius 2 is 2.30 bits per heavy atom. The molecule has 0 atom stereocenters. The summed E-state index contributed by atoms with van der Waals surface area (Å²) in [6.45, 7) is 2.37. The second-order valence-corrected chi connectivity index (χ2v) is 5.12. The van der Waals surface area contributed by atoms with Crippen molar-refractivity contribution in [3.63, 3.8) is 0 Å². The van der Waals surface area contributed by atoms with Crippen LogP contribution in [0.5, 0.6) is 0 Å². The molecule has 3 aromatic heterocycles. The molecule has 3 aromatic rings. The minimum atomic E-state index is -1.07. The molecule has 0 amide bonds. The van der Waals surface area contributed by atoms with Crippen molar-refractivity contribution in [3.8, 4) is 0 Å². The molecule has 0 unspecified atom stereocenters. The summed E-state index contributed by atoms with van der Waals surface area (Å²) in [5.41, 5.74) is 2.04. The van der Waals surface area contributed by atoms with Crippen molar-refractivity contribution < 1.29 is 14.3 Å². The third-order valence-corrected chi connectivity index (χ3v) is 3.93. The summed E-state index contributed by atoms with van der Waals surface area (Å²) in [5, 5.41) is 14.0. The number of carboxylic acid groups (broad SMARTS) is 1. The molecule has 0 aliphatic rings. The number of hydrogen-bond donors (Lipinski definition) is 2. The molecule has 3 heterocycles. The molecule has 2 N–H and O–H groups in total. The Hall–Kier alpha value is -2.41. The molecular formula is C13H11N3O3S. The maximum Gasteiger partial charge on any atom is 0.371 e. The maximum absolute atomic E-state index is 10.7. The third-order valence-electron chi connectivity index (χ3n) is 2.83. The fourth-order valence-corrected chi connectivity index (χ4v) is 2.82. The molecule has 0 radical (unpaired) electrons. The Morgan fingerprint density at radius 3 is 3.05 bits per heavy atom. The second kappa shape index (κ2) is 4.93. The summed E-state index contributed by atoms with van der Waals surface area (Å²) < 4.78 is 6.16. The van der Waals surface area contributed by atoms with Crippen LogP contribution in [0.15, 0.2) is 28.3 Å². The van der Waals surface area contributed by atoms with Crippen LogP contribution in [0.25, 0.3) is 10.2 Å². The van der Waals surface area contributed by atoms with Crippen LogP contribution in [0, 0.1) is 6.92 Å². The van der Waals surface area contributed by atoms with Crippen LogP contribution in [0.4, 0.5) is 5.82 Å². The van der Waals surface area contributed by atoms with E-state index in [-0.39, 0.29) is 5.76 Å². The van der Waals surface area contributed by atoms with Gasteiger partial charge in [-0.05, 0) is 30.0 Å². The molecular weight excluding hydrogens is 278 g/mol. The lowest BCUT2D eigenvalue weighted by Crippen LogP contribution is -2.01. The summed E-state index contributed by atoms with van der Waals surface area (Å²) in [4.78, 5) is 19.2. The van der Waals surface area contributed by atoms with Crippen molar-refractivity contribution >= 4 is 33.3 Å². The highest BCUT2D eigenvalue weighted by molar-refractivity contribution is 7.18. The van der Waals surface area contributed by atoms with Gasteiger partial charge in [-0.15, -0.1) is 11.3 Å². The van der Waals surface area contributed by atoms with Crippen molar-refractivity contribution in [2.45, 2.75) is 13.5 Å². The number of nitrogens with one attached hydrogen (secondary N) is 1. The predicted molar refractivity (Wildman–Crippen MR) is 75.1 cm³/mol. The van der Waals surface area contributed by atoms with Crippen LogP contribution < -0.4 is 5.32 Å². The zero-order valence-electron chi connectivity index (χ0n) is 10.6. The number of aryl methyl sites for hydroxylation is 1. The Labute approximate surface area is 118 Å². The largest absolute Gasteiger partial charge is 0.475 e. The Balaban J connectivity index is 1.81. The smallest absolute Gasteiger partial charge is 0.371 e. The fourth-order valence-electron chi connectivity index (χ4n) is 1.85. The van der Waals surface area contributed by atoms with Gasteiger partial charge in [0.25, 0.3) is 0 Å². The van der Waals surface area contributed by atoms with E-state index in [0.717, 1.165) is 21.6 Å². The zero-order chi connectivity index (χ0) is 14.1. The normalized spacial score (nSPS) is 10.8. The van der Waals surface area contributed by atoms with E-state index in [0.29, 0.717) is 12.3 Å². The van der Waals surface area contributed by atoms with Gasteiger partial charge in [0.1, 0.15) is 17.9 Å². The highest BCUT2D eigenvalue weighted by Crippen LogP contribution is 2.28. The quantitative estimate of drug-likeness (QED) is 0.767. The van der Waals surface area contributed by atoms with Crippen molar-refractivity contribution in [1.82, 2.24) is 9.97 Å². The minimum Gasteiger partial charge on any atom is -0.475 e. The number of carboxylic acids is 1. The zero-order valence-corrected chi connectivity index (χ0v) is 11.4. The van der Waals surface area contributed by atoms with E-state index in [4.69, 9.17) is 9.52 Å². The molecule has 0 fully saturated rings. The van der Waals surface area contributed by atoms with E-state index in [9.17, 15) is 4.79 Å². The van der Waals surface area contributed by atoms with E-state index in [1.165, 1.54) is 12.4 Å². The number of anilines is 1. The molecule has 0 saturated heterocycles. The molecule has 7 heteroatoms. The minimum absolute atomic E-state index is 0.0680. The van der Waals surface area contributed by atoms with Crippen LogP contribution in [0.3, 0.4) is 0 Å². The molecule has 20 heavy (non-hydrogen) atoms. The molecule has 6 nitrogen and oxygen atoms in total. The molecule has 0 bridgehead atoms. The number of hydrogen-bond acceptors (Lipinski definition) is 6. The molecule has 0 aromatic carbocycles. The first-order valence-corrected chi connectivity index (χ1v) is 6.78. The monoisotopic (exact) mass is 289 g/mol. The van der Waals surface area contributed by atoms with Gasteiger partial charge in [0, 0.05) is 0 Å². The Morgan fingerprint density at radius 1 is 1.45 bits per heavy atom. The average molecular weight is 289 g/mol. The molecule has 0 aliphatic heterocycles. The summed E-state index contributed by atoms with van der Waals surface area (Å²) in [7, 11) is 0. The topological polar surface area (TPSA) is 88.2 Å². The van der Waals surface area contributed by atoms with Crippen LogP contribution >= 0.6 is 11.3 Å². The van der Waals surface area contributed by atoms with Crippen molar-refractivity contribution in [1.29, 1.82) is 0 Å². The van der Waals surface area contributed by atoms with Gasteiger partial charge in [-0.1, -0.05) is 0 Å². The van der Waals surface area contributed by atoms with E-state index in [1.54, 1.807) is 17.4 Å². The van der Waals surface area contributed by atoms with Crippen LogP contribution in [0.2, 0.25) is 0 Å². The van der Waals surface area contributed by atoms with Gasteiger partial charge in [0.2, 0.25) is 5.76 Å². The fraction of sp³-hybridized carbons (Fsp3) is 0.154. The summed E-state index contributed by atoms with van der Waals surface area (Å²) >= 11 is 1.57. The van der Waals surface area contributed by atoms with Crippen molar-refractivity contribution in [3.05, 3.63) is 40.9 Å². The van der Waals surface area contributed by atoms with Gasteiger partial charge in [0.15, 0.2) is 0 Å². The van der Waals surface area contributed by atoms with Gasteiger partial charge in [-0.25, -0.2) is 14.8 Å². The molecule has 3 rings (SSSR count). The summed E-state index contributed by atoms with van der Waals surface area (Å²) in [6, 6.07) is 3.07. The van der Waals surface area contributed by atoms with Crippen LogP contribution in [-0.2, 0) is 6.54 Å². The number of nitrogens with zero attached hydrogens (tertiary/aromatic N) is 2. The Kier molecular flexibility index (Phi) is 3.11. The number of fused-ring (bicyclic) bond motifs is 1. The Bertz CT molecular complexity index is 778. The number of aromatic carboxylic acids is 1. The number of furan rings is 1. The van der Waals surface area contributed by atoms with Crippen molar-refractivity contribution in [2.24, 2.45) is 0 Å². The van der Waals surface area contributed by atoms with Gasteiger partial charge in [0.05, 0.1) is 16.8 Å². The van der Waals surface area contributed by atoms with Gasteiger partial charge >= 0.3 is 5.97 Å². The lowest BCUT2D eigenvalue weighted by Gasteiger charge is -2.04. The maximum atomic E-state index is 10.7. The van der Waals surface area contributed by atoms with Gasteiger partial charge in [-0.2, -0.15) is 0 Å². The van der Waals surface area contributed by atoms with E-state index in [2.05, 4.69) is 15.3 Å². The first kappa shape index (κ1) is 12.6. The molecule has 0 aliphatic carbocycles. The van der Waals surface area contributed by atoms with E-state index >= 15 is 0 Å². The molecule has 102 valence electrons. The first-order valence-electron chi connectivity index (χ1n) is 5.90. The van der Waals surface area contributed by atoms with Crippen molar-refractivity contribution in [2.75, 3.05) is 5.32 Å². The summed E-state index contributed by atoms with van der Waals surface area (Å²) in [6.07, 6.45) is 1.51. The second-order valence-electron chi connectivity index (χ2n) is 4.24. The standard InChI is InChI=1S/C13H11N3O3S/c1-7-5-20-11-10(7)15-6-16-12(11)14-4-8-2-3-9(19-8)13(17)18/h2-3,5-6H,4H2,1H3,(H,17,18)(H,14,15,16). The third kappa shape index (κ3) is 2.23. The number of thiophene rings is 1. The number of rotatable bonds is 4. The summed E-state index contributed by atoms with van der Waals surface area (Å²) in [5.74, 6) is 0.125. The predicted octanol–water partition coefficient (Wildman–Crippen LogP) is 2.90. The van der Waals surface area contributed by atoms with Gasteiger partial charge < -0.3 is 14.8 Å². The lowest BCUT2D eigenvalue weighted by molar-refractivity contribution is 0.0660. The van der Waals surface area contributed by atoms with Crippen LogP contribution in [0.1, 0.15) is 21.9 Å². The number of aromatic nitrogens is 2. The number of carbonyl (C=O) groups is 1. The SMILES string of the molecule is Cc1csc2c(NCc3ccc(C(=O)O)o3)ncnc12. The molecule has 0 spiro atoms.